The van der Waals surface area contributed by atoms with Crippen LogP contribution in [0.2, 0.25) is 10.0 Å². The predicted molar refractivity (Wildman–Crippen MR) is 98.3 cm³/mol. The van der Waals surface area contributed by atoms with Gasteiger partial charge in [-0.1, -0.05) is 48.9 Å². The molecule has 0 N–H and O–H groups in total. The number of hydrogen-bond donors (Lipinski definition) is 0. The molecule has 0 atom stereocenters. The lowest BCUT2D eigenvalue weighted by atomic mass is 9.80. The molecule has 1 aliphatic carbocycles. The highest BCUT2D eigenvalue weighted by molar-refractivity contribution is 8.03. The fourth-order valence-corrected chi connectivity index (χ4v) is 3.85. The molecule has 0 amide bonds. The van der Waals surface area contributed by atoms with Crippen LogP contribution in [-0.4, -0.2) is 18.1 Å². The Balaban J connectivity index is 1.77. The summed E-state index contributed by atoms with van der Waals surface area (Å²) in [5.41, 5.74) is 0.0516. The van der Waals surface area contributed by atoms with E-state index in [1.165, 1.54) is 0 Å². The minimum Gasteiger partial charge on any atom is -0.479 e. The normalized spacial score (nSPS) is 16.3. The van der Waals surface area contributed by atoms with Gasteiger partial charge in [0.2, 0.25) is 0 Å². The van der Waals surface area contributed by atoms with Crippen LogP contribution in [0.1, 0.15) is 26.7 Å². The molecule has 122 valence electrons. The van der Waals surface area contributed by atoms with Gasteiger partial charge in [-0.25, -0.2) is 0 Å². The number of ketones is 1. The van der Waals surface area contributed by atoms with Crippen LogP contribution in [0.25, 0.3) is 0 Å². The summed E-state index contributed by atoms with van der Waals surface area (Å²) in [4.78, 5) is 12.8. The van der Waals surface area contributed by atoms with Gasteiger partial charge < -0.3 is 4.74 Å². The minimum atomic E-state index is 0.0516. The van der Waals surface area contributed by atoms with Gasteiger partial charge in [0.1, 0.15) is 12.4 Å². The molecule has 2 nitrogen and oxygen atoms in total. The highest BCUT2D eigenvalue weighted by Crippen LogP contribution is 2.38. The maximum Gasteiger partial charge on any atom is 0.157 e. The Morgan fingerprint density at radius 2 is 2.04 bits per heavy atom. The van der Waals surface area contributed by atoms with Crippen LogP contribution in [-0.2, 0) is 4.79 Å². The minimum absolute atomic E-state index is 0.0516. The number of allylic oxidation sites excluding steroid dienone is 2. The molecule has 0 saturated carbocycles. The van der Waals surface area contributed by atoms with Gasteiger partial charge in [0, 0.05) is 11.4 Å². The zero-order chi connectivity index (χ0) is 16.9. The van der Waals surface area contributed by atoms with Crippen LogP contribution in [0, 0.1) is 17.3 Å². The third kappa shape index (κ3) is 6.14. The molecule has 0 bridgehead atoms. The maximum atomic E-state index is 11.7. The first-order valence-corrected chi connectivity index (χ1v) is 9.00. The lowest BCUT2D eigenvalue weighted by Crippen LogP contribution is -2.20. The van der Waals surface area contributed by atoms with Gasteiger partial charge in [-0.2, -0.15) is 0 Å². The first-order valence-electron chi connectivity index (χ1n) is 7.25. The van der Waals surface area contributed by atoms with E-state index in [-0.39, 0.29) is 17.8 Å². The van der Waals surface area contributed by atoms with E-state index in [1.54, 1.807) is 36.0 Å². The molecule has 23 heavy (non-hydrogen) atoms. The van der Waals surface area contributed by atoms with Crippen molar-refractivity contribution in [2.24, 2.45) is 5.41 Å². The molecule has 0 spiro atoms. The average Bonchev–Trinajstić information content (AvgIpc) is 2.42. The van der Waals surface area contributed by atoms with Crippen molar-refractivity contribution in [3.63, 3.8) is 0 Å². The first-order chi connectivity index (χ1) is 10.9. The van der Waals surface area contributed by atoms with Crippen LogP contribution >= 0.6 is 35.0 Å². The fourth-order valence-electron chi connectivity index (χ4n) is 2.32. The van der Waals surface area contributed by atoms with Crippen molar-refractivity contribution in [3.8, 4) is 17.6 Å². The molecule has 1 aromatic carbocycles. The van der Waals surface area contributed by atoms with E-state index in [0.717, 1.165) is 11.3 Å². The van der Waals surface area contributed by atoms with E-state index in [2.05, 4.69) is 25.7 Å². The summed E-state index contributed by atoms with van der Waals surface area (Å²) in [6, 6.07) is 5.08. The van der Waals surface area contributed by atoms with Crippen molar-refractivity contribution in [2.75, 3.05) is 12.4 Å². The molecular formula is C18H18Cl2O2S. The Labute approximate surface area is 151 Å². The van der Waals surface area contributed by atoms with Crippen molar-refractivity contribution >= 4 is 40.7 Å². The molecule has 0 aliphatic heterocycles. The van der Waals surface area contributed by atoms with Gasteiger partial charge >= 0.3 is 0 Å². The van der Waals surface area contributed by atoms with Crippen LogP contribution in [0.5, 0.6) is 5.75 Å². The Hall–Kier alpha value is -1.08. The molecule has 0 heterocycles. The highest BCUT2D eigenvalue weighted by atomic mass is 35.5. The Bertz CT molecular complexity index is 684. The second-order valence-electron chi connectivity index (χ2n) is 6.10. The number of ether oxygens (including phenoxy) is 1. The quantitative estimate of drug-likeness (QED) is 0.667. The summed E-state index contributed by atoms with van der Waals surface area (Å²) in [5, 5.41) is 1.05. The van der Waals surface area contributed by atoms with Crippen LogP contribution in [0.15, 0.2) is 29.2 Å². The summed E-state index contributed by atoms with van der Waals surface area (Å²) in [6.07, 6.45) is 3.31. The van der Waals surface area contributed by atoms with Gasteiger partial charge in [-0.05, 0) is 41.0 Å². The van der Waals surface area contributed by atoms with Crippen LogP contribution in [0.4, 0.5) is 0 Å². The van der Waals surface area contributed by atoms with E-state index in [1.807, 2.05) is 0 Å². The summed E-state index contributed by atoms with van der Waals surface area (Å²) < 4.78 is 5.49. The second kappa shape index (κ2) is 8.15. The predicted octanol–water partition coefficient (Wildman–Crippen LogP) is 5.38. The molecule has 0 fully saturated rings. The number of halogens is 2. The first kappa shape index (κ1) is 18.3. The molecule has 0 unspecified atom stereocenters. The highest BCUT2D eigenvalue weighted by Gasteiger charge is 2.27. The lowest BCUT2D eigenvalue weighted by Gasteiger charge is -2.28. The summed E-state index contributed by atoms with van der Waals surface area (Å²) >= 11 is 13.5. The summed E-state index contributed by atoms with van der Waals surface area (Å²) in [6.45, 7) is 4.51. The molecule has 0 saturated heterocycles. The van der Waals surface area contributed by atoms with E-state index < -0.39 is 0 Å². The molecule has 1 aromatic rings. The third-order valence-corrected chi connectivity index (χ3v) is 4.73. The number of hydrogen-bond acceptors (Lipinski definition) is 3. The van der Waals surface area contributed by atoms with E-state index in [9.17, 15) is 4.79 Å². The van der Waals surface area contributed by atoms with Gasteiger partial charge in [0.15, 0.2) is 5.78 Å². The number of carbonyl (C=O) groups excluding carboxylic acids is 1. The summed E-state index contributed by atoms with van der Waals surface area (Å²) in [5.74, 6) is 7.41. The second-order valence-corrected chi connectivity index (χ2v) is 8.05. The molecule has 2 rings (SSSR count). The average molecular weight is 369 g/mol. The van der Waals surface area contributed by atoms with Crippen molar-refractivity contribution in [3.05, 3.63) is 39.2 Å². The standard InChI is InChI=1S/C18H18Cl2O2S/c1-18(2)11-14(21)10-15(12-18)23-8-4-3-7-22-17-6-5-13(19)9-16(17)20/h5-6,9-10H,7-8,11-12H2,1-2H3. The number of carbonyl (C=O) groups is 1. The van der Waals surface area contributed by atoms with Crippen molar-refractivity contribution in [2.45, 2.75) is 26.7 Å². The van der Waals surface area contributed by atoms with Gasteiger partial charge in [-0.3, -0.25) is 4.79 Å². The van der Waals surface area contributed by atoms with Crippen molar-refractivity contribution in [1.82, 2.24) is 0 Å². The zero-order valence-electron chi connectivity index (χ0n) is 13.1. The third-order valence-electron chi connectivity index (χ3n) is 3.28. The monoisotopic (exact) mass is 368 g/mol. The Morgan fingerprint density at radius 3 is 2.74 bits per heavy atom. The van der Waals surface area contributed by atoms with E-state index in [0.29, 0.717) is 28.0 Å². The molecule has 0 aromatic heterocycles. The molecule has 1 aliphatic rings. The van der Waals surface area contributed by atoms with Crippen LogP contribution in [0.3, 0.4) is 0 Å². The van der Waals surface area contributed by atoms with Gasteiger partial charge in [-0.15, -0.1) is 11.8 Å². The topological polar surface area (TPSA) is 26.3 Å². The Morgan fingerprint density at radius 1 is 1.26 bits per heavy atom. The van der Waals surface area contributed by atoms with Crippen molar-refractivity contribution in [1.29, 1.82) is 0 Å². The smallest absolute Gasteiger partial charge is 0.157 e. The van der Waals surface area contributed by atoms with E-state index in [4.69, 9.17) is 27.9 Å². The SMILES string of the molecule is CC1(C)CC(=O)C=C(SCC#CCOc2ccc(Cl)cc2Cl)C1. The maximum absolute atomic E-state index is 11.7. The van der Waals surface area contributed by atoms with Gasteiger partial charge in [0.05, 0.1) is 10.8 Å². The fraction of sp³-hybridized carbons (Fsp3) is 0.389. The lowest BCUT2D eigenvalue weighted by molar-refractivity contribution is -0.116. The van der Waals surface area contributed by atoms with Crippen molar-refractivity contribution < 1.29 is 9.53 Å². The van der Waals surface area contributed by atoms with E-state index >= 15 is 0 Å². The number of benzene rings is 1. The molecular weight excluding hydrogens is 351 g/mol. The summed E-state index contributed by atoms with van der Waals surface area (Å²) in [7, 11) is 0. The number of thioether (sulfide) groups is 1. The Kier molecular flexibility index (Phi) is 6.47. The van der Waals surface area contributed by atoms with Gasteiger partial charge in [0.25, 0.3) is 0 Å². The largest absolute Gasteiger partial charge is 0.479 e. The number of rotatable bonds is 4. The van der Waals surface area contributed by atoms with Crippen LogP contribution < -0.4 is 4.74 Å². The zero-order valence-corrected chi connectivity index (χ0v) is 15.4. The molecule has 5 heteroatoms. The molecule has 0 radical (unpaired) electrons.